The largest absolute Gasteiger partial charge is 0.492 e. The maximum atomic E-state index is 12.2. The lowest BCUT2D eigenvalue weighted by molar-refractivity contribution is 0.134. The Morgan fingerprint density at radius 1 is 0.933 bits per heavy atom. The van der Waals surface area contributed by atoms with Crippen molar-refractivity contribution >= 4 is 6.98 Å². The van der Waals surface area contributed by atoms with Crippen molar-refractivity contribution in [2.75, 3.05) is 39.2 Å². The van der Waals surface area contributed by atoms with E-state index in [1.165, 1.54) is 17.7 Å². The number of hydrogen-bond acceptors (Lipinski definition) is 2. The van der Waals surface area contributed by atoms with Gasteiger partial charge < -0.3 is 22.7 Å². The van der Waals surface area contributed by atoms with Gasteiger partial charge in [-0.1, -0.05) is 0 Å². The Labute approximate surface area is 88.5 Å². The first-order valence-electron chi connectivity index (χ1n) is 5.69. The number of halogens is 3. The summed E-state index contributed by atoms with van der Waals surface area (Å²) in [7, 11) is 0. The van der Waals surface area contributed by atoms with Gasteiger partial charge in [0.05, 0.1) is 0 Å². The van der Waals surface area contributed by atoms with Crippen molar-refractivity contribution < 1.29 is 12.9 Å². The Morgan fingerprint density at radius 3 is 1.93 bits per heavy atom. The number of rotatable bonds is 4. The minimum atomic E-state index is -4.64. The summed E-state index contributed by atoms with van der Waals surface area (Å²) < 4.78 is 36.5. The summed E-state index contributed by atoms with van der Waals surface area (Å²) in [6, 6.07) is 0. The van der Waals surface area contributed by atoms with Crippen LogP contribution in [-0.2, 0) is 0 Å². The smallest absolute Gasteiger partial charge is 0.448 e. The van der Waals surface area contributed by atoms with Crippen molar-refractivity contribution in [3.05, 3.63) is 0 Å². The zero-order valence-electron chi connectivity index (χ0n) is 8.84. The molecular weight excluding hydrogens is 204 g/mol. The van der Waals surface area contributed by atoms with E-state index in [1.807, 2.05) is 0 Å². The highest BCUT2D eigenvalue weighted by Crippen LogP contribution is 2.29. The van der Waals surface area contributed by atoms with Gasteiger partial charge in [0.1, 0.15) is 0 Å². The Kier molecular flexibility index (Phi) is 3.26. The van der Waals surface area contributed by atoms with E-state index >= 15 is 0 Å². The lowest BCUT2D eigenvalue weighted by Crippen LogP contribution is -2.50. The average Bonchev–Trinajstić information content (AvgIpc) is 2.90. The summed E-state index contributed by atoms with van der Waals surface area (Å²) in [5.41, 5.74) is 0. The molecule has 2 aliphatic rings. The van der Waals surface area contributed by atoms with Gasteiger partial charge >= 0.3 is 6.98 Å². The second-order valence-corrected chi connectivity index (χ2v) is 4.75. The van der Waals surface area contributed by atoms with Crippen LogP contribution in [0.15, 0.2) is 0 Å². The van der Waals surface area contributed by atoms with Crippen LogP contribution in [0, 0.1) is 5.92 Å². The van der Waals surface area contributed by atoms with Crippen LogP contribution < -0.4 is 0 Å². The molecule has 6 heteroatoms. The van der Waals surface area contributed by atoms with Gasteiger partial charge in [0, 0.05) is 32.7 Å². The molecule has 0 aromatic rings. The van der Waals surface area contributed by atoms with Gasteiger partial charge in [-0.15, -0.1) is 0 Å². The molecule has 1 saturated heterocycles. The van der Waals surface area contributed by atoms with Crippen molar-refractivity contribution in [2.24, 2.45) is 5.92 Å². The van der Waals surface area contributed by atoms with E-state index in [2.05, 4.69) is 4.90 Å². The molecule has 0 atom stereocenters. The third kappa shape index (κ3) is 4.03. The molecule has 1 aliphatic heterocycles. The Balaban J connectivity index is 1.67. The zero-order valence-corrected chi connectivity index (χ0v) is 8.84. The molecule has 0 spiro atoms. The first kappa shape index (κ1) is 11.3. The normalized spacial score (nSPS) is 25.8. The summed E-state index contributed by atoms with van der Waals surface area (Å²) in [6.07, 6.45) is 1.94. The fourth-order valence-corrected chi connectivity index (χ4v) is 2.11. The highest BCUT2D eigenvalue weighted by Gasteiger charge is 2.30. The maximum Gasteiger partial charge on any atom is 0.492 e. The van der Waals surface area contributed by atoms with E-state index in [0.29, 0.717) is 13.1 Å². The van der Waals surface area contributed by atoms with Crippen LogP contribution in [-0.4, -0.2) is 55.9 Å². The molecule has 0 radical (unpaired) electrons. The molecule has 1 aliphatic carbocycles. The van der Waals surface area contributed by atoms with Gasteiger partial charge in [-0.2, -0.15) is 0 Å². The summed E-state index contributed by atoms with van der Waals surface area (Å²) in [5, 5.41) is 0. The molecule has 15 heavy (non-hydrogen) atoms. The summed E-state index contributed by atoms with van der Waals surface area (Å²) in [6.45, 7) is -0.771. The van der Waals surface area contributed by atoms with Gasteiger partial charge in [-0.05, 0) is 25.2 Å². The molecule has 0 aromatic heterocycles. The lowest BCUT2D eigenvalue weighted by Gasteiger charge is -2.37. The van der Waals surface area contributed by atoms with E-state index in [4.69, 9.17) is 0 Å². The second-order valence-electron chi connectivity index (χ2n) is 4.75. The monoisotopic (exact) mass is 221 g/mol. The van der Waals surface area contributed by atoms with E-state index in [9.17, 15) is 12.9 Å². The molecule has 0 amide bonds. The molecule has 1 saturated carbocycles. The van der Waals surface area contributed by atoms with Gasteiger partial charge in [-0.25, -0.2) is 0 Å². The minimum Gasteiger partial charge on any atom is -0.448 e. The van der Waals surface area contributed by atoms with Gasteiger partial charge in [0.15, 0.2) is 0 Å². The van der Waals surface area contributed by atoms with E-state index in [-0.39, 0.29) is 0 Å². The SMILES string of the molecule is F[B-](F)(F)CN1CCN(CC2CC2)CC1. The molecule has 0 bridgehead atoms. The molecule has 0 N–H and O–H groups in total. The van der Waals surface area contributed by atoms with E-state index in [1.54, 1.807) is 0 Å². The maximum absolute atomic E-state index is 12.2. The first-order valence-corrected chi connectivity index (χ1v) is 5.69. The van der Waals surface area contributed by atoms with Crippen LogP contribution in [0.25, 0.3) is 0 Å². The van der Waals surface area contributed by atoms with Crippen molar-refractivity contribution in [3.63, 3.8) is 0 Å². The van der Waals surface area contributed by atoms with Crippen LogP contribution in [0.4, 0.5) is 12.9 Å². The Bertz CT molecular complexity index is 210. The van der Waals surface area contributed by atoms with Crippen LogP contribution >= 0.6 is 0 Å². The van der Waals surface area contributed by atoms with Crippen molar-refractivity contribution in [1.29, 1.82) is 0 Å². The summed E-state index contributed by atoms with van der Waals surface area (Å²) >= 11 is 0. The fraction of sp³-hybridized carbons (Fsp3) is 1.00. The summed E-state index contributed by atoms with van der Waals surface area (Å²) in [5.74, 6) is 0.836. The Hall–Kier alpha value is -0.225. The third-order valence-corrected chi connectivity index (χ3v) is 3.14. The van der Waals surface area contributed by atoms with Crippen molar-refractivity contribution in [2.45, 2.75) is 12.8 Å². The second kappa shape index (κ2) is 4.33. The van der Waals surface area contributed by atoms with Crippen molar-refractivity contribution in [1.82, 2.24) is 9.80 Å². The third-order valence-electron chi connectivity index (χ3n) is 3.14. The van der Waals surface area contributed by atoms with Gasteiger partial charge in [-0.3, -0.25) is 0 Å². The minimum absolute atomic E-state index is 0.577. The quantitative estimate of drug-likeness (QED) is 0.662. The predicted molar refractivity (Wildman–Crippen MR) is 54.7 cm³/mol. The average molecular weight is 221 g/mol. The van der Waals surface area contributed by atoms with Crippen molar-refractivity contribution in [3.8, 4) is 0 Å². The predicted octanol–water partition coefficient (Wildman–Crippen LogP) is 1.40. The number of piperazine rings is 1. The molecular formula is C9H17BF3N2-. The molecule has 1 heterocycles. The van der Waals surface area contributed by atoms with E-state index < -0.39 is 13.4 Å². The van der Waals surface area contributed by atoms with E-state index in [0.717, 1.165) is 25.6 Å². The number of nitrogens with zero attached hydrogens (tertiary/aromatic N) is 2. The lowest BCUT2D eigenvalue weighted by atomic mass is 9.91. The zero-order chi connectivity index (χ0) is 10.9. The van der Waals surface area contributed by atoms with Crippen LogP contribution in [0.2, 0.25) is 0 Å². The van der Waals surface area contributed by atoms with Gasteiger partial charge in [0.2, 0.25) is 0 Å². The topological polar surface area (TPSA) is 6.48 Å². The first-order chi connectivity index (χ1) is 7.03. The van der Waals surface area contributed by atoms with Crippen LogP contribution in [0.5, 0.6) is 0 Å². The molecule has 2 fully saturated rings. The molecule has 0 unspecified atom stereocenters. The molecule has 2 rings (SSSR count). The van der Waals surface area contributed by atoms with Gasteiger partial charge in [0.25, 0.3) is 0 Å². The highest BCUT2D eigenvalue weighted by atomic mass is 19.4. The Morgan fingerprint density at radius 2 is 1.47 bits per heavy atom. The standard InChI is InChI=1S/C9H17BF3N2/c11-10(12,13)8-15-5-3-14(4-6-15)7-9-1-2-9/h9H,1-8H2/q-1. The van der Waals surface area contributed by atoms with Crippen LogP contribution in [0.1, 0.15) is 12.8 Å². The molecule has 2 nitrogen and oxygen atoms in total. The van der Waals surface area contributed by atoms with Crippen LogP contribution in [0.3, 0.4) is 0 Å². The molecule has 88 valence electrons. The highest BCUT2D eigenvalue weighted by molar-refractivity contribution is 6.58. The molecule has 0 aromatic carbocycles. The fourth-order valence-electron chi connectivity index (χ4n) is 2.11. The summed E-state index contributed by atoms with van der Waals surface area (Å²) in [4.78, 5) is 3.83. The number of hydrogen-bond donors (Lipinski definition) is 0.